The molecule has 0 bridgehead atoms. The Bertz CT molecular complexity index is 2510. The van der Waals surface area contributed by atoms with E-state index in [2.05, 4.69) is 117 Å². The van der Waals surface area contributed by atoms with Crippen molar-refractivity contribution in [2.75, 3.05) is 0 Å². The first-order chi connectivity index (χ1) is 25.4. The van der Waals surface area contributed by atoms with Crippen LogP contribution in [0.2, 0.25) is 17.3 Å². The SMILES string of the molecule is CC(C)(C)Cc1ccc2c(n1)oc1c(-c3nc4ccccc4n3-c3ccccc3)[c-]ccc12.CC(C)Cc1cc(-c2[c-]cccc2)nc[c]1[Ge]([CH3])([CH3])[CH3].[Ir]. The predicted molar refractivity (Wildman–Crippen MR) is 224 cm³/mol. The summed E-state index contributed by atoms with van der Waals surface area (Å²) in [5.74, 6) is 8.80. The Morgan fingerprint density at radius 3 is 2.24 bits per heavy atom. The molecule has 4 aromatic carbocycles. The third-order valence-electron chi connectivity index (χ3n) is 9.28. The van der Waals surface area contributed by atoms with Crippen LogP contribution in [0.5, 0.6) is 0 Å². The number of para-hydroxylation sites is 3. The summed E-state index contributed by atoms with van der Waals surface area (Å²) in [4.78, 5) is 14.5. The quantitative estimate of drug-likeness (QED) is 0.118. The van der Waals surface area contributed by atoms with E-state index >= 15 is 0 Å². The minimum Gasteiger partial charge on any atom is 0 e. The molecule has 54 heavy (non-hydrogen) atoms. The van der Waals surface area contributed by atoms with Gasteiger partial charge >= 0.3 is 126 Å². The normalized spacial score (nSPS) is 11.9. The maximum atomic E-state index is 6.38. The average molecular weight is 950 g/mol. The Balaban J connectivity index is 0.000000205. The maximum Gasteiger partial charge on any atom is 0 e. The first kappa shape index (κ1) is 39.3. The van der Waals surface area contributed by atoms with Crippen LogP contribution in [-0.2, 0) is 32.9 Å². The van der Waals surface area contributed by atoms with Crippen LogP contribution in [0.4, 0.5) is 0 Å². The summed E-state index contributed by atoms with van der Waals surface area (Å²) in [5.41, 5.74) is 10.1. The molecule has 0 saturated carbocycles. The number of furan rings is 1. The molecule has 0 amide bonds. The van der Waals surface area contributed by atoms with E-state index in [0.717, 1.165) is 74.3 Å². The third kappa shape index (κ3) is 8.62. The Hall–Kier alpha value is -4.36. The fourth-order valence-electron chi connectivity index (χ4n) is 6.98. The van der Waals surface area contributed by atoms with Gasteiger partial charge in [-0.1, -0.05) is 62.1 Å². The monoisotopic (exact) mass is 951 g/mol. The van der Waals surface area contributed by atoms with Crippen molar-refractivity contribution in [2.24, 2.45) is 11.3 Å². The fraction of sp³-hybridized carbons (Fsp3) is 0.255. The summed E-state index contributed by atoms with van der Waals surface area (Å²) in [5, 5.41) is 2.04. The zero-order valence-corrected chi connectivity index (χ0v) is 37.0. The molecule has 5 nitrogen and oxygen atoms in total. The number of aromatic nitrogens is 4. The number of rotatable bonds is 7. The fourth-order valence-corrected chi connectivity index (χ4v) is 10.3. The summed E-state index contributed by atoms with van der Waals surface area (Å²) in [6.07, 6.45) is 4.16. The van der Waals surface area contributed by atoms with Crippen molar-refractivity contribution in [3.8, 4) is 28.3 Å². The number of fused-ring (bicyclic) bond motifs is 4. The van der Waals surface area contributed by atoms with Crippen LogP contribution < -0.4 is 4.40 Å². The summed E-state index contributed by atoms with van der Waals surface area (Å²) >= 11 is -1.86. The van der Waals surface area contributed by atoms with Crippen molar-refractivity contribution < 1.29 is 24.5 Å². The summed E-state index contributed by atoms with van der Waals surface area (Å²) in [6, 6.07) is 43.8. The van der Waals surface area contributed by atoms with E-state index in [4.69, 9.17) is 19.4 Å². The molecule has 7 heteroatoms. The summed E-state index contributed by atoms with van der Waals surface area (Å²) < 4.78 is 10.1. The van der Waals surface area contributed by atoms with Gasteiger partial charge in [-0.05, 0) is 48.2 Å². The molecule has 0 aliphatic carbocycles. The molecule has 0 saturated heterocycles. The smallest absolute Gasteiger partial charge is 0 e. The number of nitrogens with zero attached hydrogens (tertiary/aromatic N) is 4. The molecule has 0 aliphatic rings. The van der Waals surface area contributed by atoms with E-state index in [-0.39, 0.29) is 25.5 Å². The molecule has 1 radical (unpaired) electrons. The van der Waals surface area contributed by atoms with Gasteiger partial charge in [-0.15, -0.1) is 18.2 Å². The average Bonchev–Trinajstić information content (AvgIpc) is 3.69. The van der Waals surface area contributed by atoms with Crippen molar-refractivity contribution in [1.29, 1.82) is 0 Å². The Labute approximate surface area is 336 Å². The number of benzene rings is 4. The number of hydrogen-bond donors (Lipinski definition) is 0. The number of hydrogen-bond acceptors (Lipinski definition) is 4. The molecule has 277 valence electrons. The second-order valence-corrected chi connectivity index (χ2v) is 27.1. The zero-order valence-electron chi connectivity index (χ0n) is 32.5. The Morgan fingerprint density at radius 2 is 1.54 bits per heavy atom. The van der Waals surface area contributed by atoms with E-state index < -0.39 is 13.3 Å². The van der Waals surface area contributed by atoms with Gasteiger partial charge in [-0.2, -0.15) is 0 Å². The molecule has 0 N–H and O–H groups in total. The Morgan fingerprint density at radius 1 is 0.796 bits per heavy atom. The van der Waals surface area contributed by atoms with Crippen LogP contribution in [-0.4, -0.2) is 32.8 Å². The van der Waals surface area contributed by atoms with E-state index in [0.29, 0.717) is 11.6 Å². The van der Waals surface area contributed by atoms with Gasteiger partial charge < -0.3 is 8.98 Å². The van der Waals surface area contributed by atoms with Gasteiger partial charge in [0.25, 0.3) is 0 Å². The molecular formula is C47H48GeIrN4O-2. The van der Waals surface area contributed by atoms with Gasteiger partial charge in [0, 0.05) is 36.9 Å². The molecule has 0 atom stereocenters. The van der Waals surface area contributed by atoms with Gasteiger partial charge in [-0.25, -0.2) is 4.98 Å². The molecule has 0 spiro atoms. The minimum absolute atomic E-state index is 0. The number of pyridine rings is 2. The third-order valence-corrected chi connectivity index (χ3v) is 13.6. The summed E-state index contributed by atoms with van der Waals surface area (Å²) in [6.45, 7) is 11.2. The Kier molecular flexibility index (Phi) is 11.8. The van der Waals surface area contributed by atoms with Gasteiger partial charge in [-0.3, -0.25) is 4.98 Å². The standard InChI is InChI=1S/C29H24N3O.C18H24GeN.Ir/c1-29(2,3)18-19-16-17-22-21-12-9-13-23(26(21)33-28(22)30-19)27-31-24-14-7-8-15-25(24)32(27)20-10-5-4-6-11-20;1-14(2)11-16-12-18(15-9-7-6-8-10-15)20-13-17(16)19(3,4)5;/h4-12,14-17H,18H2,1-3H3;6-9,12-14H,11H2,1-5H3;/q2*-1;. The van der Waals surface area contributed by atoms with Crippen LogP contribution in [0, 0.1) is 23.5 Å². The van der Waals surface area contributed by atoms with E-state index in [9.17, 15) is 0 Å². The van der Waals surface area contributed by atoms with Gasteiger partial charge in [0.1, 0.15) is 0 Å². The van der Waals surface area contributed by atoms with Gasteiger partial charge in [0.05, 0.1) is 22.4 Å². The molecule has 0 unspecified atom stereocenters. The van der Waals surface area contributed by atoms with Crippen molar-refractivity contribution in [3.63, 3.8) is 0 Å². The predicted octanol–water partition coefficient (Wildman–Crippen LogP) is 11.7. The van der Waals surface area contributed by atoms with E-state index in [1.807, 2.05) is 66.7 Å². The van der Waals surface area contributed by atoms with Crippen molar-refractivity contribution in [3.05, 3.63) is 139 Å². The largest absolute Gasteiger partial charge is 0 e. The van der Waals surface area contributed by atoms with Crippen LogP contribution in [0.3, 0.4) is 0 Å². The van der Waals surface area contributed by atoms with Gasteiger partial charge in [0.15, 0.2) is 0 Å². The second kappa shape index (κ2) is 16.2. The van der Waals surface area contributed by atoms with Crippen LogP contribution in [0.25, 0.3) is 61.4 Å². The second-order valence-electron chi connectivity index (χ2n) is 16.5. The van der Waals surface area contributed by atoms with E-state index in [1.165, 1.54) is 5.56 Å². The van der Waals surface area contributed by atoms with Gasteiger partial charge in [0.2, 0.25) is 5.71 Å². The molecule has 8 rings (SSSR count). The summed E-state index contributed by atoms with van der Waals surface area (Å²) in [7, 11) is 0. The first-order valence-corrected chi connectivity index (χ1v) is 25.9. The van der Waals surface area contributed by atoms with Crippen LogP contribution in [0.15, 0.2) is 120 Å². The first-order valence-electron chi connectivity index (χ1n) is 18.6. The molecular weight excluding hydrogens is 901 g/mol. The van der Waals surface area contributed by atoms with Crippen molar-refractivity contribution >= 4 is 50.8 Å². The van der Waals surface area contributed by atoms with Crippen molar-refractivity contribution in [1.82, 2.24) is 19.5 Å². The molecule has 0 fully saturated rings. The van der Waals surface area contributed by atoms with E-state index in [1.54, 1.807) is 4.40 Å². The maximum absolute atomic E-state index is 6.38. The number of imidazole rings is 1. The zero-order chi connectivity index (χ0) is 37.3. The topological polar surface area (TPSA) is 56.7 Å². The molecule has 0 aliphatic heterocycles. The molecule has 8 aromatic rings. The molecule has 4 heterocycles. The minimum atomic E-state index is -1.86. The van der Waals surface area contributed by atoms with Crippen molar-refractivity contribution in [2.45, 2.75) is 64.7 Å². The van der Waals surface area contributed by atoms with Crippen LogP contribution in [0.1, 0.15) is 45.9 Å². The van der Waals surface area contributed by atoms with Crippen LogP contribution >= 0.6 is 0 Å². The molecule has 4 aromatic heterocycles.